The average Bonchev–Trinajstić information content (AvgIpc) is 3.56. The number of amides is 1. The van der Waals surface area contributed by atoms with Crippen molar-refractivity contribution < 1.29 is 18.5 Å². The normalized spacial score (nSPS) is 12.9. The molecule has 13 heteroatoms. The number of nitro groups is 1. The van der Waals surface area contributed by atoms with Gasteiger partial charge in [0, 0.05) is 35.2 Å². The van der Waals surface area contributed by atoms with Crippen molar-refractivity contribution in [3.63, 3.8) is 0 Å². The van der Waals surface area contributed by atoms with Crippen LogP contribution in [0.1, 0.15) is 17.5 Å². The van der Waals surface area contributed by atoms with Crippen molar-refractivity contribution >= 4 is 39.0 Å². The number of anilines is 1. The molecular weight excluding hydrogens is 568 g/mol. The van der Waals surface area contributed by atoms with Gasteiger partial charge in [0.1, 0.15) is 22.3 Å². The second-order valence-electron chi connectivity index (χ2n) is 9.48. The van der Waals surface area contributed by atoms with E-state index < -0.39 is 34.4 Å². The molecule has 0 atom stereocenters. The van der Waals surface area contributed by atoms with Gasteiger partial charge in [0.15, 0.2) is 0 Å². The molecule has 0 spiro atoms. The minimum atomic E-state index is -0.856. The highest BCUT2D eigenvalue weighted by atomic mass is 32.1. The molecule has 4 heterocycles. The van der Waals surface area contributed by atoms with Crippen LogP contribution >= 0.6 is 11.3 Å². The summed E-state index contributed by atoms with van der Waals surface area (Å²) in [5.41, 5.74) is -0.849. The average molecular weight is 588 g/mol. The van der Waals surface area contributed by atoms with Crippen LogP contribution in [0.4, 0.5) is 20.3 Å². The lowest BCUT2D eigenvalue weighted by atomic mass is 10.1. The first kappa shape index (κ1) is 26.9. The van der Waals surface area contributed by atoms with E-state index >= 15 is 0 Å². The summed E-state index contributed by atoms with van der Waals surface area (Å²) in [4.78, 5) is 56.9. The van der Waals surface area contributed by atoms with Gasteiger partial charge in [0.2, 0.25) is 5.91 Å². The highest BCUT2D eigenvalue weighted by Gasteiger charge is 2.24. The predicted octanol–water partition coefficient (Wildman–Crippen LogP) is 5.07. The predicted molar refractivity (Wildman–Crippen MR) is 153 cm³/mol. The van der Waals surface area contributed by atoms with Crippen molar-refractivity contribution in [3.05, 3.63) is 127 Å². The SMILES string of the molecule is Cc1c(-c2ccc([N+](=O)[O-])cc2)sc2c1c(=O)n(-c1ccc(N3C=CCC3=O)nc1)c(=O)n2Cc1c(F)cccc1F. The van der Waals surface area contributed by atoms with Crippen LogP contribution in [0.5, 0.6) is 0 Å². The Morgan fingerprint density at radius 1 is 1.02 bits per heavy atom. The number of carbonyl (C=O) groups excluding carboxylic acids is 1. The summed E-state index contributed by atoms with van der Waals surface area (Å²) in [6.07, 6.45) is 4.76. The maximum Gasteiger partial charge on any atom is 0.337 e. The molecule has 0 N–H and O–H groups in total. The molecule has 0 aliphatic carbocycles. The first-order valence-electron chi connectivity index (χ1n) is 12.6. The third-order valence-corrected chi connectivity index (χ3v) is 8.35. The van der Waals surface area contributed by atoms with E-state index in [1.54, 1.807) is 19.2 Å². The fraction of sp³-hybridized carbons (Fsp3) is 0.103. The number of hydrogen-bond acceptors (Lipinski definition) is 7. The maximum atomic E-state index is 14.7. The summed E-state index contributed by atoms with van der Waals surface area (Å²) < 4.78 is 31.5. The molecule has 0 saturated heterocycles. The Morgan fingerprint density at radius 2 is 1.74 bits per heavy atom. The van der Waals surface area contributed by atoms with Crippen LogP contribution in [0.2, 0.25) is 0 Å². The summed E-state index contributed by atoms with van der Waals surface area (Å²) >= 11 is 1.07. The zero-order valence-corrected chi connectivity index (χ0v) is 22.6. The number of aryl methyl sites for hydroxylation is 1. The van der Waals surface area contributed by atoms with Gasteiger partial charge < -0.3 is 0 Å². The van der Waals surface area contributed by atoms with E-state index in [0.29, 0.717) is 21.8 Å². The van der Waals surface area contributed by atoms with Gasteiger partial charge in [0.25, 0.3) is 11.2 Å². The Morgan fingerprint density at radius 3 is 2.33 bits per heavy atom. The van der Waals surface area contributed by atoms with E-state index in [0.717, 1.165) is 32.6 Å². The van der Waals surface area contributed by atoms with Crippen LogP contribution in [-0.2, 0) is 11.3 Å². The van der Waals surface area contributed by atoms with Crippen molar-refractivity contribution in [2.45, 2.75) is 19.9 Å². The summed E-state index contributed by atoms with van der Waals surface area (Å²) in [7, 11) is 0. The number of benzene rings is 2. The van der Waals surface area contributed by atoms with Crippen molar-refractivity contribution in [1.29, 1.82) is 0 Å². The zero-order valence-electron chi connectivity index (χ0n) is 21.8. The summed E-state index contributed by atoms with van der Waals surface area (Å²) in [6.45, 7) is 1.17. The molecule has 1 aliphatic heterocycles. The van der Waals surface area contributed by atoms with Crippen LogP contribution in [0.25, 0.3) is 26.3 Å². The number of aromatic nitrogens is 3. The van der Waals surface area contributed by atoms with E-state index in [1.807, 2.05) is 0 Å². The van der Waals surface area contributed by atoms with Gasteiger partial charge in [-0.1, -0.05) is 12.1 Å². The zero-order chi connectivity index (χ0) is 29.7. The smallest absolute Gasteiger partial charge is 0.279 e. The molecule has 0 fully saturated rings. The number of carbonyl (C=O) groups is 1. The second-order valence-corrected chi connectivity index (χ2v) is 10.5. The Hall–Kier alpha value is -5.30. The second kappa shape index (κ2) is 10.3. The van der Waals surface area contributed by atoms with Gasteiger partial charge in [0.05, 0.1) is 28.7 Å². The lowest BCUT2D eigenvalue weighted by molar-refractivity contribution is -0.384. The molecule has 42 heavy (non-hydrogen) atoms. The number of rotatable bonds is 6. The highest BCUT2D eigenvalue weighted by Crippen LogP contribution is 2.37. The minimum absolute atomic E-state index is 0.0940. The molecule has 5 aromatic rings. The number of hydrogen-bond donors (Lipinski definition) is 0. The van der Waals surface area contributed by atoms with E-state index in [1.165, 1.54) is 53.6 Å². The van der Waals surface area contributed by atoms with Gasteiger partial charge in [-0.25, -0.2) is 23.1 Å². The molecule has 10 nitrogen and oxygen atoms in total. The van der Waals surface area contributed by atoms with E-state index in [-0.39, 0.29) is 39.5 Å². The fourth-order valence-corrected chi connectivity index (χ4v) is 6.16. The number of pyridine rings is 1. The van der Waals surface area contributed by atoms with Gasteiger partial charge in [-0.15, -0.1) is 11.3 Å². The van der Waals surface area contributed by atoms with Gasteiger partial charge in [-0.3, -0.25) is 29.2 Å². The van der Waals surface area contributed by atoms with Crippen LogP contribution in [0.3, 0.4) is 0 Å². The lowest BCUT2D eigenvalue weighted by Crippen LogP contribution is -2.39. The molecule has 0 unspecified atom stereocenters. The molecule has 1 aliphatic rings. The first-order valence-corrected chi connectivity index (χ1v) is 13.4. The lowest BCUT2D eigenvalue weighted by Gasteiger charge is -2.15. The molecule has 6 rings (SSSR count). The topological polar surface area (TPSA) is 120 Å². The number of thiophene rings is 1. The van der Waals surface area contributed by atoms with E-state index in [9.17, 15) is 33.3 Å². The molecular formula is C29H19F2N5O5S. The van der Waals surface area contributed by atoms with Gasteiger partial charge in [-0.2, -0.15) is 0 Å². The molecule has 210 valence electrons. The number of halogens is 2. The molecule has 0 radical (unpaired) electrons. The van der Waals surface area contributed by atoms with Crippen LogP contribution in [-0.4, -0.2) is 24.9 Å². The molecule has 1 amide bonds. The number of fused-ring (bicyclic) bond motifs is 1. The molecule has 0 bridgehead atoms. The standard InChI is InChI=1S/C29H19F2N5O5S/c1-16-25-27(38)35(19-11-12-23(32-14-19)33-13-3-6-24(33)37)29(39)34(15-20-21(30)4-2-5-22(20)31)28(25)42-26(16)17-7-9-18(10-8-17)36(40)41/h2-5,7-14H,6,15H2,1H3. The monoisotopic (exact) mass is 587 g/mol. The van der Waals surface area contributed by atoms with Gasteiger partial charge in [-0.05, 0) is 54.4 Å². The van der Waals surface area contributed by atoms with Crippen molar-refractivity contribution in [3.8, 4) is 16.1 Å². The molecule has 0 saturated carbocycles. The third kappa shape index (κ3) is 4.39. The Balaban J connectivity index is 1.58. The Kier molecular flexibility index (Phi) is 6.58. The highest BCUT2D eigenvalue weighted by molar-refractivity contribution is 7.22. The number of non-ortho nitro benzene ring substituents is 1. The summed E-state index contributed by atoms with van der Waals surface area (Å²) in [5.74, 6) is -1.60. The van der Waals surface area contributed by atoms with Crippen LogP contribution in [0, 0.1) is 28.7 Å². The quantitative estimate of drug-likeness (QED) is 0.202. The van der Waals surface area contributed by atoms with E-state index in [4.69, 9.17) is 0 Å². The van der Waals surface area contributed by atoms with Gasteiger partial charge >= 0.3 is 5.69 Å². The largest absolute Gasteiger partial charge is 0.337 e. The number of nitro benzene ring substituents is 1. The van der Waals surface area contributed by atoms with Crippen LogP contribution in [0.15, 0.2) is 82.7 Å². The first-order chi connectivity index (χ1) is 20.2. The summed E-state index contributed by atoms with van der Waals surface area (Å²) in [5, 5.41) is 11.3. The van der Waals surface area contributed by atoms with Crippen molar-refractivity contribution in [2.24, 2.45) is 0 Å². The molecule has 2 aromatic carbocycles. The maximum absolute atomic E-state index is 14.7. The summed E-state index contributed by atoms with van der Waals surface area (Å²) in [6, 6.07) is 12.0. The third-order valence-electron chi connectivity index (χ3n) is 6.98. The Labute approximate surface area is 239 Å². The van der Waals surface area contributed by atoms with E-state index in [2.05, 4.69) is 4.98 Å². The van der Waals surface area contributed by atoms with Crippen molar-refractivity contribution in [1.82, 2.24) is 14.1 Å². The van der Waals surface area contributed by atoms with Crippen LogP contribution < -0.4 is 16.1 Å². The van der Waals surface area contributed by atoms with Crippen molar-refractivity contribution in [2.75, 3.05) is 4.90 Å². The Bertz CT molecular complexity index is 2040. The minimum Gasteiger partial charge on any atom is -0.279 e. The fourth-order valence-electron chi connectivity index (χ4n) is 4.86. The number of nitrogens with zero attached hydrogens (tertiary/aromatic N) is 5. The molecule has 3 aromatic heterocycles.